The summed E-state index contributed by atoms with van der Waals surface area (Å²) in [7, 11) is 1.64. The average Bonchev–Trinajstić information content (AvgIpc) is 3.07. The Morgan fingerprint density at radius 1 is 1.25 bits per heavy atom. The van der Waals surface area contributed by atoms with Crippen molar-refractivity contribution in [3.05, 3.63) is 66.0 Å². The molecule has 2 unspecified atom stereocenters. The fraction of sp³-hybridized carbons (Fsp3) is 0.222. The van der Waals surface area contributed by atoms with Crippen molar-refractivity contribution >= 4 is 11.6 Å². The second-order valence-corrected chi connectivity index (χ2v) is 5.84. The van der Waals surface area contributed by atoms with Gasteiger partial charge in [-0.3, -0.25) is 14.8 Å². The highest BCUT2D eigenvalue weighted by molar-refractivity contribution is 5.96. The van der Waals surface area contributed by atoms with E-state index in [0.29, 0.717) is 6.54 Å². The van der Waals surface area contributed by atoms with E-state index in [1.165, 1.54) is 0 Å². The van der Waals surface area contributed by atoms with Crippen LogP contribution in [0.4, 0.5) is 0 Å². The molecular formula is C18H18N4O2. The first kappa shape index (κ1) is 14.7. The number of hydrazine groups is 1. The number of amides is 1. The van der Waals surface area contributed by atoms with Crippen molar-refractivity contribution in [1.29, 1.82) is 0 Å². The van der Waals surface area contributed by atoms with Crippen LogP contribution >= 0.6 is 0 Å². The number of aromatic nitrogens is 1. The topological polar surface area (TPSA) is 66.5 Å². The molecule has 0 saturated carbocycles. The largest absolute Gasteiger partial charge is 0.497 e. The van der Waals surface area contributed by atoms with Crippen LogP contribution in [0.5, 0.6) is 5.75 Å². The standard InChI is InChI=1S/C18H18N4O2/c1-24-14-6-4-12(5-7-14)16-9-17(23)22-18(21-16)15(11-20-22)13-3-2-8-19-10-13/h2-10,15,18,20-21H,11H2,1H3. The summed E-state index contributed by atoms with van der Waals surface area (Å²) in [6.45, 7) is 0.693. The van der Waals surface area contributed by atoms with Gasteiger partial charge in [0.15, 0.2) is 0 Å². The number of carbonyl (C=O) groups is 1. The Kier molecular flexibility index (Phi) is 3.66. The molecule has 0 aliphatic carbocycles. The fourth-order valence-electron chi connectivity index (χ4n) is 3.19. The summed E-state index contributed by atoms with van der Waals surface area (Å²) in [4.78, 5) is 16.7. The predicted molar refractivity (Wildman–Crippen MR) is 89.7 cm³/mol. The molecule has 24 heavy (non-hydrogen) atoms. The number of pyridine rings is 1. The molecular weight excluding hydrogens is 304 g/mol. The summed E-state index contributed by atoms with van der Waals surface area (Å²) in [5.74, 6) is 0.888. The first-order chi connectivity index (χ1) is 11.8. The van der Waals surface area contributed by atoms with Crippen LogP contribution in [0.3, 0.4) is 0 Å². The number of carbonyl (C=O) groups excluding carboxylic acids is 1. The van der Waals surface area contributed by atoms with Crippen molar-refractivity contribution in [3.63, 3.8) is 0 Å². The molecule has 2 atom stereocenters. The lowest BCUT2D eigenvalue weighted by molar-refractivity contribution is -0.130. The van der Waals surface area contributed by atoms with E-state index in [4.69, 9.17) is 4.74 Å². The van der Waals surface area contributed by atoms with Gasteiger partial charge in [0.2, 0.25) is 0 Å². The number of nitrogens with zero attached hydrogens (tertiary/aromatic N) is 2. The van der Waals surface area contributed by atoms with Crippen LogP contribution in [0.1, 0.15) is 17.0 Å². The molecule has 0 radical (unpaired) electrons. The summed E-state index contributed by atoms with van der Waals surface area (Å²) < 4.78 is 5.19. The predicted octanol–water partition coefficient (Wildman–Crippen LogP) is 1.49. The number of rotatable bonds is 3. The van der Waals surface area contributed by atoms with Gasteiger partial charge in [-0.15, -0.1) is 0 Å². The lowest BCUT2D eigenvalue weighted by Gasteiger charge is -2.33. The second kappa shape index (κ2) is 5.98. The van der Waals surface area contributed by atoms with Crippen LogP contribution in [0.15, 0.2) is 54.9 Å². The molecule has 122 valence electrons. The first-order valence-corrected chi connectivity index (χ1v) is 7.85. The van der Waals surface area contributed by atoms with Gasteiger partial charge in [0, 0.05) is 36.6 Å². The molecule has 0 spiro atoms. The van der Waals surface area contributed by atoms with Crippen molar-refractivity contribution in [2.45, 2.75) is 12.1 Å². The van der Waals surface area contributed by atoms with Gasteiger partial charge < -0.3 is 10.1 Å². The highest BCUT2D eigenvalue weighted by Gasteiger charge is 2.40. The van der Waals surface area contributed by atoms with Gasteiger partial charge in [0.25, 0.3) is 5.91 Å². The Labute approximate surface area is 140 Å². The fourth-order valence-corrected chi connectivity index (χ4v) is 3.19. The van der Waals surface area contributed by atoms with Crippen molar-refractivity contribution in [2.24, 2.45) is 0 Å². The van der Waals surface area contributed by atoms with E-state index >= 15 is 0 Å². The maximum atomic E-state index is 12.5. The Balaban J connectivity index is 1.63. The molecule has 6 heteroatoms. The van der Waals surface area contributed by atoms with Crippen LogP contribution in [0.2, 0.25) is 0 Å². The highest BCUT2D eigenvalue weighted by Crippen LogP contribution is 2.30. The lowest BCUT2D eigenvalue weighted by Crippen LogP contribution is -2.52. The van der Waals surface area contributed by atoms with Crippen molar-refractivity contribution < 1.29 is 9.53 Å². The molecule has 1 saturated heterocycles. The number of nitrogens with one attached hydrogen (secondary N) is 2. The van der Waals surface area contributed by atoms with Crippen molar-refractivity contribution in [1.82, 2.24) is 20.7 Å². The van der Waals surface area contributed by atoms with Crippen LogP contribution in [0, 0.1) is 0 Å². The van der Waals surface area contributed by atoms with E-state index < -0.39 is 0 Å². The lowest BCUT2D eigenvalue weighted by atomic mass is 9.97. The van der Waals surface area contributed by atoms with Crippen LogP contribution in [-0.4, -0.2) is 35.7 Å². The third kappa shape index (κ3) is 2.51. The van der Waals surface area contributed by atoms with Crippen LogP contribution in [-0.2, 0) is 4.79 Å². The monoisotopic (exact) mass is 322 g/mol. The summed E-state index contributed by atoms with van der Waals surface area (Å²) >= 11 is 0. The molecule has 6 nitrogen and oxygen atoms in total. The van der Waals surface area contributed by atoms with Gasteiger partial charge in [-0.05, 0) is 41.5 Å². The summed E-state index contributed by atoms with van der Waals surface area (Å²) in [6.07, 6.45) is 5.10. The number of methoxy groups -OCH3 is 1. The van der Waals surface area contributed by atoms with Gasteiger partial charge in [0.05, 0.1) is 7.11 Å². The smallest absolute Gasteiger partial charge is 0.264 e. The molecule has 2 aliphatic rings. The Morgan fingerprint density at radius 3 is 2.79 bits per heavy atom. The van der Waals surface area contributed by atoms with Crippen molar-refractivity contribution in [3.8, 4) is 5.75 Å². The zero-order chi connectivity index (χ0) is 16.5. The third-order valence-corrected chi connectivity index (χ3v) is 4.46. The number of hydrogen-bond acceptors (Lipinski definition) is 5. The summed E-state index contributed by atoms with van der Waals surface area (Å²) in [5, 5.41) is 5.14. The average molecular weight is 322 g/mol. The van der Waals surface area contributed by atoms with E-state index in [2.05, 4.69) is 15.7 Å². The second-order valence-electron chi connectivity index (χ2n) is 5.84. The molecule has 2 N–H and O–H groups in total. The molecule has 1 aromatic carbocycles. The molecule has 1 aromatic heterocycles. The van der Waals surface area contributed by atoms with E-state index in [1.807, 2.05) is 42.6 Å². The molecule has 3 heterocycles. The SMILES string of the molecule is COc1ccc(C2=CC(=O)N3NCC(c4cccnc4)C3N2)cc1. The van der Waals surface area contributed by atoms with Crippen molar-refractivity contribution in [2.75, 3.05) is 13.7 Å². The third-order valence-electron chi connectivity index (χ3n) is 4.46. The minimum Gasteiger partial charge on any atom is -0.497 e. The maximum absolute atomic E-state index is 12.5. The maximum Gasteiger partial charge on any atom is 0.264 e. The van der Waals surface area contributed by atoms with Gasteiger partial charge in [-0.25, -0.2) is 5.43 Å². The van der Waals surface area contributed by atoms with E-state index in [9.17, 15) is 4.79 Å². The Bertz CT molecular complexity index is 773. The molecule has 0 bridgehead atoms. The quantitative estimate of drug-likeness (QED) is 0.896. The molecule has 2 aliphatic heterocycles. The van der Waals surface area contributed by atoms with Gasteiger partial charge in [0.1, 0.15) is 11.9 Å². The van der Waals surface area contributed by atoms with Crippen LogP contribution < -0.4 is 15.5 Å². The summed E-state index contributed by atoms with van der Waals surface area (Å²) in [5.41, 5.74) is 6.06. The molecule has 2 aromatic rings. The van der Waals surface area contributed by atoms with Gasteiger partial charge in [-0.2, -0.15) is 0 Å². The van der Waals surface area contributed by atoms with Gasteiger partial charge >= 0.3 is 0 Å². The number of ether oxygens (including phenoxy) is 1. The van der Waals surface area contributed by atoms with Gasteiger partial charge in [-0.1, -0.05) is 6.07 Å². The Morgan fingerprint density at radius 2 is 2.08 bits per heavy atom. The molecule has 1 amide bonds. The highest BCUT2D eigenvalue weighted by atomic mass is 16.5. The van der Waals surface area contributed by atoms with Crippen LogP contribution in [0.25, 0.3) is 5.70 Å². The van der Waals surface area contributed by atoms with E-state index in [0.717, 1.165) is 22.6 Å². The number of hydrogen-bond donors (Lipinski definition) is 2. The zero-order valence-corrected chi connectivity index (χ0v) is 13.3. The minimum atomic E-state index is -0.135. The molecule has 4 rings (SSSR count). The van der Waals surface area contributed by atoms with E-state index in [-0.39, 0.29) is 18.0 Å². The Hall–Kier alpha value is -2.86. The summed E-state index contributed by atoms with van der Waals surface area (Å²) in [6, 6.07) is 11.6. The minimum absolute atomic E-state index is 0.0454. The molecule has 1 fully saturated rings. The normalized spacial score (nSPS) is 22.6. The zero-order valence-electron chi connectivity index (χ0n) is 13.3. The van der Waals surface area contributed by atoms with E-state index in [1.54, 1.807) is 24.4 Å². The number of fused-ring (bicyclic) bond motifs is 1. The first-order valence-electron chi connectivity index (χ1n) is 7.85. The number of benzene rings is 1.